The molecule has 292 valence electrons. The first-order valence-electron chi connectivity index (χ1n) is 17.1. The first kappa shape index (κ1) is 40.6. The maximum atomic E-state index is 14.7. The van der Waals surface area contributed by atoms with Crippen molar-refractivity contribution in [2.75, 3.05) is 14.2 Å². The van der Waals surface area contributed by atoms with E-state index in [2.05, 4.69) is 0 Å². The second-order valence-corrected chi connectivity index (χ2v) is 13.7. The van der Waals surface area contributed by atoms with E-state index in [1.807, 2.05) is 0 Å². The highest BCUT2D eigenvalue weighted by Crippen LogP contribution is 2.48. The average molecular weight is 819 g/mol. The zero-order chi connectivity index (χ0) is 40.9. The van der Waals surface area contributed by atoms with Gasteiger partial charge in [0.2, 0.25) is 5.78 Å². The highest BCUT2D eigenvalue weighted by molar-refractivity contribution is 7.43. The van der Waals surface area contributed by atoms with Crippen LogP contribution in [-0.4, -0.2) is 45.1 Å². The minimum Gasteiger partial charge on any atom is -0.497 e. The topological polar surface area (TPSA) is 159 Å². The number of para-hydroxylation sites is 4. The van der Waals surface area contributed by atoms with E-state index in [0.717, 1.165) is 0 Å². The van der Waals surface area contributed by atoms with Gasteiger partial charge in [-0.15, -0.1) is 0 Å². The molecule has 15 heteroatoms. The van der Waals surface area contributed by atoms with Crippen LogP contribution >= 0.6 is 17.2 Å². The summed E-state index contributed by atoms with van der Waals surface area (Å²) < 4.78 is 48.0. The molecule has 58 heavy (non-hydrogen) atoms. The van der Waals surface area contributed by atoms with Crippen molar-refractivity contribution in [1.29, 1.82) is 0 Å². The summed E-state index contributed by atoms with van der Waals surface area (Å²) in [7, 11) is -2.19. The van der Waals surface area contributed by atoms with Crippen molar-refractivity contribution in [2.24, 2.45) is 0 Å². The highest BCUT2D eigenvalue weighted by atomic mass is 31.2. The number of carbonyl (C=O) groups is 5. The lowest BCUT2D eigenvalue weighted by Crippen LogP contribution is -2.11. The number of methoxy groups -OCH3 is 2. The monoisotopic (exact) mass is 818 g/mol. The zero-order valence-corrected chi connectivity index (χ0v) is 32.5. The van der Waals surface area contributed by atoms with E-state index in [4.69, 9.17) is 36.6 Å². The number of ether oxygens (including phenoxy) is 2. The Morgan fingerprint density at radius 3 is 0.948 bits per heavy atom. The van der Waals surface area contributed by atoms with E-state index in [0.29, 0.717) is 36.6 Å². The van der Waals surface area contributed by atoms with Crippen molar-refractivity contribution in [1.82, 2.24) is 0 Å². The first-order chi connectivity index (χ1) is 28.4. The Hall–Kier alpha value is -7.07. The fraction of sp³-hybridized carbons (Fsp3) is 0.0465. The summed E-state index contributed by atoms with van der Waals surface area (Å²) in [5.74, 6) is 0.360. The van der Waals surface area contributed by atoms with Crippen LogP contribution in [0.15, 0.2) is 133 Å². The minimum absolute atomic E-state index is 0.00775. The van der Waals surface area contributed by atoms with Gasteiger partial charge in [-0.1, -0.05) is 48.5 Å². The van der Waals surface area contributed by atoms with Gasteiger partial charge < -0.3 is 36.6 Å². The molecule has 0 atom stereocenters. The van der Waals surface area contributed by atoms with Crippen LogP contribution in [0.3, 0.4) is 0 Å². The molecule has 0 amide bonds. The highest BCUT2D eigenvalue weighted by Gasteiger charge is 2.30. The van der Waals surface area contributed by atoms with Gasteiger partial charge >= 0.3 is 17.2 Å². The molecule has 0 aromatic heterocycles. The quantitative estimate of drug-likeness (QED) is 0.0407. The molecule has 0 unspecified atom stereocenters. The van der Waals surface area contributed by atoms with E-state index in [-0.39, 0.29) is 67.9 Å². The molecule has 0 fully saturated rings. The van der Waals surface area contributed by atoms with Crippen molar-refractivity contribution in [3.63, 3.8) is 0 Å². The number of carbonyl (C=O) groups excluding carboxylic acids is 5. The van der Waals surface area contributed by atoms with Gasteiger partial charge in [-0.2, -0.15) is 0 Å². The molecule has 0 radical (unpaired) electrons. The Morgan fingerprint density at radius 2 is 0.672 bits per heavy atom. The lowest BCUT2D eigenvalue weighted by atomic mass is 10.0. The molecule has 0 N–H and O–H groups in total. The molecule has 0 saturated carbocycles. The molecule has 0 aliphatic carbocycles. The number of aldehydes is 4. The molecule has 6 aromatic rings. The Kier molecular flexibility index (Phi) is 13.8. The van der Waals surface area contributed by atoms with Crippen LogP contribution in [0, 0.1) is 0 Å². The normalized spacial score (nSPS) is 10.6. The van der Waals surface area contributed by atoms with E-state index in [1.165, 1.54) is 62.8 Å². The number of ketones is 1. The molecule has 0 aliphatic rings. The second-order valence-electron chi connectivity index (χ2n) is 11.7. The predicted molar refractivity (Wildman–Crippen MR) is 214 cm³/mol. The lowest BCUT2D eigenvalue weighted by molar-refractivity contribution is 0.103. The number of hydrogen-bond donors (Lipinski definition) is 0. The van der Waals surface area contributed by atoms with Crippen molar-refractivity contribution >= 4 is 48.1 Å². The lowest BCUT2D eigenvalue weighted by Gasteiger charge is -2.22. The summed E-state index contributed by atoms with van der Waals surface area (Å²) in [6.45, 7) is 0. The summed E-state index contributed by atoms with van der Waals surface area (Å²) in [5, 5.41) is 0. The van der Waals surface area contributed by atoms with Crippen molar-refractivity contribution in [3.05, 3.63) is 167 Å². The smallest absolute Gasteiger partial charge is 0.497 e. The fourth-order valence-electron chi connectivity index (χ4n) is 5.17. The third-order valence-electron chi connectivity index (χ3n) is 8.09. The molecule has 6 aromatic carbocycles. The molecule has 13 nitrogen and oxygen atoms in total. The molecule has 0 aliphatic heterocycles. The number of hydrogen-bond acceptors (Lipinski definition) is 13. The summed E-state index contributed by atoms with van der Waals surface area (Å²) in [4.78, 5) is 62.3. The first-order valence-corrected chi connectivity index (χ1v) is 19.3. The van der Waals surface area contributed by atoms with Gasteiger partial charge in [0.25, 0.3) is 0 Å². The third-order valence-corrected chi connectivity index (χ3v) is 10.2. The largest absolute Gasteiger partial charge is 0.530 e. The summed E-state index contributed by atoms with van der Waals surface area (Å²) >= 11 is 0. The average Bonchev–Trinajstić information content (AvgIpc) is 3.26. The predicted octanol–water partition coefficient (Wildman–Crippen LogP) is 9.71. The van der Waals surface area contributed by atoms with E-state index < -0.39 is 23.0 Å². The molecule has 6 rings (SSSR count). The van der Waals surface area contributed by atoms with E-state index in [9.17, 15) is 24.0 Å². The molecule has 0 heterocycles. The van der Waals surface area contributed by atoms with Crippen LogP contribution in [0.1, 0.15) is 57.4 Å². The van der Waals surface area contributed by atoms with Crippen LogP contribution in [0.25, 0.3) is 0 Å². The zero-order valence-electron chi connectivity index (χ0n) is 30.7. The molecule has 0 spiro atoms. The third kappa shape index (κ3) is 9.83. The standard InChI is InChI=1S/C43H32O13P2/c1-49-33-19-21-35(41(23-33)55-57(51-37-15-7-3-11-29(37)25-44)52-38-16-8-4-12-30(38)26-45)43(48)36-22-20-34(50-2)24-42(36)56-58(53-39-17-9-5-13-31(39)27-46)54-40-18-10-6-14-32(40)28-47/h3-28H,1-2H3. The van der Waals surface area contributed by atoms with Gasteiger partial charge in [0.15, 0.2) is 25.1 Å². The summed E-state index contributed by atoms with van der Waals surface area (Å²) in [6, 6.07) is 34.5. The van der Waals surface area contributed by atoms with Crippen LogP contribution in [0.2, 0.25) is 0 Å². The van der Waals surface area contributed by atoms with E-state index in [1.54, 1.807) is 84.9 Å². The number of rotatable bonds is 20. The Bertz CT molecular complexity index is 2160. The van der Waals surface area contributed by atoms with Crippen molar-refractivity contribution < 1.29 is 60.6 Å². The maximum Gasteiger partial charge on any atom is 0.530 e. The Balaban J connectivity index is 1.41. The van der Waals surface area contributed by atoms with E-state index >= 15 is 0 Å². The van der Waals surface area contributed by atoms with Crippen LogP contribution in [0.4, 0.5) is 0 Å². The van der Waals surface area contributed by atoms with Gasteiger partial charge in [0.1, 0.15) is 46.0 Å². The van der Waals surface area contributed by atoms with Crippen LogP contribution in [-0.2, 0) is 0 Å². The van der Waals surface area contributed by atoms with Crippen molar-refractivity contribution in [2.45, 2.75) is 0 Å². The number of benzene rings is 6. The van der Waals surface area contributed by atoms with Crippen molar-refractivity contribution in [3.8, 4) is 46.0 Å². The van der Waals surface area contributed by atoms with Gasteiger partial charge in [-0.3, -0.25) is 24.0 Å². The van der Waals surface area contributed by atoms with Crippen LogP contribution in [0.5, 0.6) is 46.0 Å². The van der Waals surface area contributed by atoms with Gasteiger partial charge in [0.05, 0.1) is 47.6 Å². The SMILES string of the molecule is COc1ccc(C(=O)c2ccc(OC)cc2OP(Oc2ccccc2C=O)Oc2ccccc2C=O)c(OP(Oc2ccccc2C=O)Oc2ccccc2C=O)c1. The molecular weight excluding hydrogens is 786 g/mol. The Labute approximate surface area is 335 Å². The molecular formula is C43H32O13P2. The van der Waals surface area contributed by atoms with Crippen LogP contribution < -0.4 is 36.6 Å². The summed E-state index contributed by atoms with van der Waals surface area (Å²) in [6.07, 6.45) is 2.41. The van der Waals surface area contributed by atoms with Gasteiger partial charge in [0, 0.05) is 12.1 Å². The maximum absolute atomic E-state index is 14.7. The fourth-order valence-corrected chi connectivity index (χ4v) is 7.32. The second kappa shape index (κ2) is 19.7. The summed E-state index contributed by atoms with van der Waals surface area (Å²) in [5.41, 5.74) is 0.763. The minimum atomic E-state index is -2.53. The molecule has 0 saturated heterocycles. The molecule has 0 bridgehead atoms. The Morgan fingerprint density at radius 1 is 0.397 bits per heavy atom. The van der Waals surface area contributed by atoms with Gasteiger partial charge in [-0.05, 0) is 72.8 Å². The van der Waals surface area contributed by atoms with Gasteiger partial charge in [-0.25, -0.2) is 0 Å².